The molecular formula is C46H85NO4S. The molecule has 2 N–H and O–H groups in total. The lowest BCUT2D eigenvalue weighted by molar-refractivity contribution is -0.121. The molecule has 0 aliphatic rings. The van der Waals surface area contributed by atoms with Crippen LogP contribution in [0.1, 0.15) is 243 Å². The third kappa shape index (κ3) is 23.4. The van der Waals surface area contributed by atoms with Gasteiger partial charge in [0, 0.05) is 13.0 Å². The van der Waals surface area contributed by atoms with Gasteiger partial charge in [-0.3, -0.25) is 9.35 Å². The van der Waals surface area contributed by atoms with Gasteiger partial charge in [0.15, 0.2) is 0 Å². The van der Waals surface area contributed by atoms with E-state index in [4.69, 9.17) is 0 Å². The van der Waals surface area contributed by atoms with Crippen molar-refractivity contribution >= 4 is 16.0 Å². The van der Waals surface area contributed by atoms with Gasteiger partial charge in [-0.2, -0.15) is 8.42 Å². The van der Waals surface area contributed by atoms with Crippen molar-refractivity contribution in [3.05, 3.63) is 34.9 Å². The molecule has 0 spiro atoms. The molecule has 0 aromatic heterocycles. The van der Waals surface area contributed by atoms with Crippen molar-refractivity contribution in [2.24, 2.45) is 0 Å². The quantitative estimate of drug-likeness (QED) is 0.0524. The van der Waals surface area contributed by atoms with Crippen molar-refractivity contribution in [3.8, 4) is 0 Å². The van der Waals surface area contributed by atoms with Crippen LogP contribution in [0.4, 0.5) is 0 Å². The van der Waals surface area contributed by atoms with Gasteiger partial charge in [-0.15, -0.1) is 0 Å². The van der Waals surface area contributed by atoms with E-state index in [9.17, 15) is 17.8 Å². The molecule has 0 heterocycles. The predicted molar refractivity (Wildman–Crippen MR) is 226 cm³/mol. The number of carbonyl (C=O) groups is 1. The summed E-state index contributed by atoms with van der Waals surface area (Å²) in [7, 11) is -4.29. The number of amides is 1. The Morgan fingerprint density at radius 3 is 1.38 bits per heavy atom. The fourth-order valence-electron chi connectivity index (χ4n) is 7.84. The Bertz CT molecular complexity index is 1100. The number of unbranched alkanes of at least 4 members (excludes halogenated alkanes) is 27. The lowest BCUT2D eigenvalue weighted by atomic mass is 9.87. The number of aryl methyl sites for hydroxylation is 1. The number of benzene rings is 1. The van der Waals surface area contributed by atoms with Crippen molar-refractivity contribution in [3.63, 3.8) is 0 Å². The second-order valence-corrected chi connectivity index (χ2v) is 18.1. The molecule has 1 atom stereocenters. The molecule has 304 valence electrons. The van der Waals surface area contributed by atoms with E-state index in [0.717, 1.165) is 56.1 Å². The van der Waals surface area contributed by atoms with Gasteiger partial charge in [-0.1, -0.05) is 212 Å². The number of carbonyl (C=O) groups excluding carboxylic acids is 1. The number of nitrogens with one attached hydrogen (secondary N) is 1. The molecule has 0 saturated carbocycles. The topological polar surface area (TPSA) is 83.5 Å². The zero-order chi connectivity index (χ0) is 38.2. The fourth-order valence-corrected chi connectivity index (χ4v) is 8.74. The molecule has 0 aliphatic heterocycles. The Balaban J connectivity index is 2.25. The maximum absolute atomic E-state index is 12.8. The third-order valence-corrected chi connectivity index (χ3v) is 13.1. The van der Waals surface area contributed by atoms with E-state index in [1.165, 1.54) is 154 Å². The molecule has 1 unspecified atom stereocenters. The van der Waals surface area contributed by atoms with Crippen LogP contribution >= 0.6 is 0 Å². The first-order valence-electron chi connectivity index (χ1n) is 22.5. The van der Waals surface area contributed by atoms with E-state index >= 15 is 0 Å². The number of rotatable bonds is 37. The summed E-state index contributed by atoms with van der Waals surface area (Å²) >= 11 is 0. The summed E-state index contributed by atoms with van der Waals surface area (Å²) in [5.41, 5.74) is 2.74. The summed E-state index contributed by atoms with van der Waals surface area (Å²) in [6.07, 6.45) is 39.9. The molecule has 52 heavy (non-hydrogen) atoms. The van der Waals surface area contributed by atoms with Crippen LogP contribution in [-0.2, 0) is 26.1 Å². The smallest absolute Gasteiger partial charge is 0.274 e. The highest BCUT2D eigenvalue weighted by atomic mass is 32.2. The van der Waals surface area contributed by atoms with Crippen molar-refractivity contribution in [2.45, 2.75) is 244 Å². The van der Waals surface area contributed by atoms with E-state index in [1.54, 1.807) is 6.92 Å². The predicted octanol–water partition coefficient (Wildman–Crippen LogP) is 14.3. The molecule has 1 amide bonds. The minimum absolute atomic E-state index is 0.132. The Hall–Kier alpha value is -1.40. The summed E-state index contributed by atoms with van der Waals surface area (Å²) in [4.78, 5) is 12.4. The maximum atomic E-state index is 12.8. The lowest BCUT2D eigenvalue weighted by Gasteiger charge is -2.29. The third-order valence-electron chi connectivity index (χ3n) is 11.5. The molecule has 0 saturated heterocycles. The van der Waals surface area contributed by atoms with Crippen LogP contribution in [0, 0.1) is 6.92 Å². The fraction of sp³-hybridized carbons (Fsp3) is 0.848. The summed E-state index contributed by atoms with van der Waals surface area (Å²) in [5, 5.41) is 3.09. The summed E-state index contributed by atoms with van der Waals surface area (Å²) in [5.74, 6) is 0.132. The van der Waals surface area contributed by atoms with Crippen LogP contribution in [0.5, 0.6) is 0 Å². The number of hydrogen-bond donors (Lipinski definition) is 2. The van der Waals surface area contributed by atoms with Crippen LogP contribution in [0.2, 0.25) is 0 Å². The van der Waals surface area contributed by atoms with Crippen molar-refractivity contribution < 1.29 is 17.8 Å². The Morgan fingerprint density at radius 1 is 0.596 bits per heavy atom. The molecule has 1 aromatic rings. The summed E-state index contributed by atoms with van der Waals surface area (Å²) in [6, 6.07) is 5.84. The molecule has 6 heteroatoms. The zero-order valence-corrected chi connectivity index (χ0v) is 35.7. The second kappa shape index (κ2) is 31.9. The Morgan fingerprint density at radius 2 is 0.981 bits per heavy atom. The van der Waals surface area contributed by atoms with Crippen LogP contribution in [0.15, 0.2) is 18.2 Å². The summed E-state index contributed by atoms with van der Waals surface area (Å²) in [6.45, 7) is 8.83. The molecule has 0 fully saturated rings. The van der Waals surface area contributed by atoms with Gasteiger partial charge in [0.25, 0.3) is 10.1 Å². The Labute approximate surface area is 323 Å². The van der Waals surface area contributed by atoms with Crippen molar-refractivity contribution in [1.82, 2.24) is 5.32 Å². The van der Waals surface area contributed by atoms with E-state index < -0.39 is 14.9 Å². The molecule has 1 aromatic carbocycles. The molecule has 0 aliphatic carbocycles. The first-order chi connectivity index (χ1) is 25.2. The SMILES string of the molecule is CCCCCCCCCCCCCCCCCC(=O)NCCCc1cccc(C(C)(CCCCCCCCCCCCCCCC)S(=O)(=O)O)c1C. The van der Waals surface area contributed by atoms with Crippen LogP contribution in [0.3, 0.4) is 0 Å². The highest BCUT2D eigenvalue weighted by molar-refractivity contribution is 7.86. The molecule has 1 rings (SSSR count). The van der Waals surface area contributed by atoms with Gasteiger partial charge >= 0.3 is 0 Å². The second-order valence-electron chi connectivity index (χ2n) is 16.3. The van der Waals surface area contributed by atoms with Crippen LogP contribution in [0.25, 0.3) is 0 Å². The molecule has 0 radical (unpaired) electrons. The molecular weight excluding hydrogens is 663 g/mol. The van der Waals surface area contributed by atoms with Gasteiger partial charge in [0.2, 0.25) is 5.91 Å². The minimum atomic E-state index is -4.29. The van der Waals surface area contributed by atoms with Crippen LogP contribution in [-0.4, -0.2) is 25.4 Å². The Kier molecular flexibility index (Phi) is 29.8. The highest BCUT2D eigenvalue weighted by Gasteiger charge is 2.40. The van der Waals surface area contributed by atoms with E-state index in [0.29, 0.717) is 24.9 Å². The monoisotopic (exact) mass is 748 g/mol. The average molecular weight is 748 g/mol. The molecule has 5 nitrogen and oxygen atoms in total. The van der Waals surface area contributed by atoms with Gasteiger partial charge in [0.1, 0.15) is 4.75 Å². The lowest BCUT2D eigenvalue weighted by Crippen LogP contribution is -2.33. The average Bonchev–Trinajstić information content (AvgIpc) is 3.12. The van der Waals surface area contributed by atoms with Crippen molar-refractivity contribution in [1.29, 1.82) is 0 Å². The largest absolute Gasteiger partial charge is 0.356 e. The normalized spacial score (nSPS) is 13.0. The van der Waals surface area contributed by atoms with Crippen molar-refractivity contribution in [2.75, 3.05) is 6.54 Å². The van der Waals surface area contributed by atoms with Gasteiger partial charge < -0.3 is 5.32 Å². The maximum Gasteiger partial charge on any atom is 0.274 e. The van der Waals surface area contributed by atoms with Gasteiger partial charge in [-0.25, -0.2) is 0 Å². The highest BCUT2D eigenvalue weighted by Crippen LogP contribution is 2.38. The van der Waals surface area contributed by atoms with Gasteiger partial charge in [-0.05, 0) is 56.2 Å². The van der Waals surface area contributed by atoms with Crippen LogP contribution < -0.4 is 5.32 Å². The molecule has 0 bridgehead atoms. The van der Waals surface area contributed by atoms with E-state index in [1.807, 2.05) is 25.1 Å². The summed E-state index contributed by atoms with van der Waals surface area (Å²) < 4.78 is 34.7. The van der Waals surface area contributed by atoms with E-state index in [2.05, 4.69) is 19.2 Å². The van der Waals surface area contributed by atoms with E-state index in [-0.39, 0.29) is 5.91 Å². The standard InChI is InChI=1S/C46H85NO4S/c1-5-7-9-11-13-15-17-19-21-22-24-26-28-30-32-39-45(48)47-41-35-37-43-36-34-38-44(42(43)3)46(4,52(49,50)51)40-33-31-29-27-25-23-20-18-16-14-12-10-8-6-2/h34,36,38H,5-33,35,37,39-41H2,1-4H3,(H,47,48)(H,49,50,51). The first-order valence-corrected chi connectivity index (χ1v) is 23.9. The minimum Gasteiger partial charge on any atom is -0.356 e. The first kappa shape index (κ1) is 48.6. The number of hydrogen-bond acceptors (Lipinski definition) is 3. The zero-order valence-electron chi connectivity index (χ0n) is 34.9. The van der Waals surface area contributed by atoms with Gasteiger partial charge in [0.05, 0.1) is 0 Å².